The standard InChI is InChI=1S/C16H19ClFN3S/c1-4-14(12-7-6-11(18)10-13(12)17)20-15(21(3)5-2)16-19-8-9-22-16/h6-10,14H,4-5H2,1-3H3/b20-15-/t14-/m1/s1. The summed E-state index contributed by atoms with van der Waals surface area (Å²) in [6.07, 6.45) is 2.54. The fourth-order valence-electron chi connectivity index (χ4n) is 2.10. The zero-order valence-corrected chi connectivity index (χ0v) is 14.5. The Bertz CT molecular complexity index is 643. The topological polar surface area (TPSA) is 28.5 Å². The number of halogens is 2. The summed E-state index contributed by atoms with van der Waals surface area (Å²) >= 11 is 7.74. The molecule has 0 bridgehead atoms. The first-order chi connectivity index (χ1) is 10.6. The molecule has 0 radical (unpaired) electrons. The molecular weight excluding hydrogens is 321 g/mol. The molecule has 0 saturated heterocycles. The number of amidine groups is 1. The summed E-state index contributed by atoms with van der Waals surface area (Å²) in [4.78, 5) is 11.3. The highest BCUT2D eigenvalue weighted by atomic mass is 35.5. The van der Waals surface area contributed by atoms with Crippen LogP contribution in [0.4, 0.5) is 4.39 Å². The van der Waals surface area contributed by atoms with Crippen molar-refractivity contribution >= 4 is 28.8 Å². The number of thiazole rings is 1. The number of aromatic nitrogens is 1. The van der Waals surface area contributed by atoms with Crippen LogP contribution in [0.15, 0.2) is 34.8 Å². The van der Waals surface area contributed by atoms with Gasteiger partial charge in [-0.1, -0.05) is 24.6 Å². The van der Waals surface area contributed by atoms with E-state index < -0.39 is 0 Å². The molecule has 0 amide bonds. The van der Waals surface area contributed by atoms with Gasteiger partial charge in [0.15, 0.2) is 10.8 Å². The van der Waals surface area contributed by atoms with E-state index in [-0.39, 0.29) is 11.9 Å². The van der Waals surface area contributed by atoms with Gasteiger partial charge in [-0.05, 0) is 31.0 Å². The number of aliphatic imine (C=N–C) groups is 1. The lowest BCUT2D eigenvalue weighted by molar-refractivity contribution is 0.525. The predicted octanol–water partition coefficient (Wildman–Crippen LogP) is 4.79. The van der Waals surface area contributed by atoms with Crippen LogP contribution in [0.1, 0.15) is 36.9 Å². The maximum atomic E-state index is 13.2. The van der Waals surface area contributed by atoms with Crippen LogP contribution >= 0.6 is 22.9 Å². The lowest BCUT2D eigenvalue weighted by Crippen LogP contribution is -2.28. The second kappa shape index (κ2) is 7.70. The highest BCUT2D eigenvalue weighted by Crippen LogP contribution is 2.30. The quantitative estimate of drug-likeness (QED) is 0.579. The Balaban J connectivity index is 2.43. The second-order valence-corrected chi connectivity index (χ2v) is 6.20. The van der Waals surface area contributed by atoms with Gasteiger partial charge in [0.2, 0.25) is 0 Å². The molecule has 0 saturated carbocycles. The van der Waals surface area contributed by atoms with Crippen LogP contribution in [0.5, 0.6) is 0 Å². The molecule has 1 atom stereocenters. The molecule has 0 unspecified atom stereocenters. The third-order valence-electron chi connectivity index (χ3n) is 3.45. The minimum absolute atomic E-state index is 0.124. The fraction of sp³-hybridized carbons (Fsp3) is 0.375. The molecule has 0 aliphatic carbocycles. The largest absolute Gasteiger partial charge is 0.358 e. The summed E-state index contributed by atoms with van der Waals surface area (Å²) < 4.78 is 13.2. The molecule has 2 aromatic rings. The van der Waals surface area contributed by atoms with Crippen molar-refractivity contribution in [2.75, 3.05) is 13.6 Å². The summed E-state index contributed by atoms with van der Waals surface area (Å²) in [6, 6.07) is 4.34. The van der Waals surface area contributed by atoms with Crippen LogP contribution in [0.3, 0.4) is 0 Å². The van der Waals surface area contributed by atoms with Crippen molar-refractivity contribution in [2.24, 2.45) is 4.99 Å². The first kappa shape index (κ1) is 16.9. The molecule has 3 nitrogen and oxygen atoms in total. The van der Waals surface area contributed by atoms with Crippen LogP contribution in [0.25, 0.3) is 0 Å². The predicted molar refractivity (Wildman–Crippen MR) is 91.4 cm³/mol. The van der Waals surface area contributed by atoms with Crippen molar-refractivity contribution in [1.29, 1.82) is 0 Å². The molecule has 22 heavy (non-hydrogen) atoms. The van der Waals surface area contributed by atoms with E-state index in [1.165, 1.54) is 12.1 Å². The van der Waals surface area contributed by atoms with Gasteiger partial charge in [0.1, 0.15) is 5.82 Å². The lowest BCUT2D eigenvalue weighted by Gasteiger charge is -2.21. The van der Waals surface area contributed by atoms with Crippen LogP contribution in [0.2, 0.25) is 5.02 Å². The molecule has 6 heteroatoms. The van der Waals surface area contributed by atoms with Crippen molar-refractivity contribution in [3.05, 3.63) is 51.2 Å². The number of benzene rings is 1. The van der Waals surface area contributed by atoms with Gasteiger partial charge in [-0.15, -0.1) is 11.3 Å². The van der Waals surface area contributed by atoms with E-state index in [4.69, 9.17) is 16.6 Å². The monoisotopic (exact) mass is 339 g/mol. The second-order valence-electron chi connectivity index (χ2n) is 4.89. The normalized spacial score (nSPS) is 13.2. The van der Waals surface area contributed by atoms with E-state index in [0.29, 0.717) is 5.02 Å². The zero-order valence-electron chi connectivity index (χ0n) is 12.9. The number of rotatable bonds is 5. The maximum Gasteiger partial charge on any atom is 0.160 e. The number of nitrogens with zero attached hydrogens (tertiary/aromatic N) is 3. The summed E-state index contributed by atoms with van der Waals surface area (Å²) in [5, 5.41) is 3.22. The van der Waals surface area contributed by atoms with Crippen molar-refractivity contribution < 1.29 is 4.39 Å². The third-order valence-corrected chi connectivity index (χ3v) is 4.54. The van der Waals surface area contributed by atoms with Gasteiger partial charge in [0.05, 0.1) is 6.04 Å². The van der Waals surface area contributed by atoms with Gasteiger partial charge in [-0.2, -0.15) is 0 Å². The van der Waals surface area contributed by atoms with Crippen molar-refractivity contribution in [1.82, 2.24) is 9.88 Å². The highest BCUT2D eigenvalue weighted by Gasteiger charge is 2.17. The summed E-state index contributed by atoms with van der Waals surface area (Å²) in [5.74, 6) is 0.503. The highest BCUT2D eigenvalue weighted by molar-refractivity contribution is 7.11. The van der Waals surface area contributed by atoms with Crippen LogP contribution in [0, 0.1) is 5.82 Å². The Kier molecular flexibility index (Phi) is 5.91. The first-order valence-corrected chi connectivity index (χ1v) is 8.46. The Morgan fingerprint density at radius 1 is 1.45 bits per heavy atom. The van der Waals surface area contributed by atoms with Gasteiger partial charge in [-0.25, -0.2) is 9.37 Å². The van der Waals surface area contributed by atoms with Crippen LogP contribution in [-0.4, -0.2) is 29.3 Å². The van der Waals surface area contributed by atoms with Gasteiger partial charge in [0, 0.05) is 30.2 Å². The number of hydrogen-bond acceptors (Lipinski definition) is 3. The first-order valence-electron chi connectivity index (χ1n) is 7.20. The van der Waals surface area contributed by atoms with E-state index in [0.717, 1.165) is 29.4 Å². The molecule has 0 aliphatic rings. The van der Waals surface area contributed by atoms with E-state index >= 15 is 0 Å². The molecule has 1 heterocycles. The molecule has 0 aliphatic heterocycles. The molecule has 1 aromatic heterocycles. The van der Waals surface area contributed by atoms with E-state index in [9.17, 15) is 4.39 Å². The van der Waals surface area contributed by atoms with Gasteiger partial charge < -0.3 is 4.90 Å². The Labute approximate surface area is 139 Å². The summed E-state index contributed by atoms with van der Waals surface area (Å²) in [5.41, 5.74) is 0.837. The third kappa shape index (κ3) is 3.84. The van der Waals surface area contributed by atoms with Gasteiger partial charge >= 0.3 is 0 Å². The molecule has 2 rings (SSSR count). The fourth-order valence-corrected chi connectivity index (χ4v) is 3.08. The average molecular weight is 340 g/mol. The van der Waals surface area contributed by atoms with E-state index in [2.05, 4.69) is 16.8 Å². The van der Waals surface area contributed by atoms with Crippen molar-refractivity contribution in [2.45, 2.75) is 26.3 Å². The Morgan fingerprint density at radius 2 is 2.23 bits per heavy atom. The van der Waals surface area contributed by atoms with Gasteiger partial charge in [-0.3, -0.25) is 4.99 Å². The maximum absolute atomic E-state index is 13.2. The smallest absolute Gasteiger partial charge is 0.160 e. The Morgan fingerprint density at radius 3 is 2.77 bits per heavy atom. The molecule has 0 fully saturated rings. The van der Waals surface area contributed by atoms with Crippen molar-refractivity contribution in [3.63, 3.8) is 0 Å². The van der Waals surface area contributed by atoms with Crippen molar-refractivity contribution in [3.8, 4) is 0 Å². The Hall–Kier alpha value is -1.46. The summed E-state index contributed by atoms with van der Waals surface area (Å²) in [6.45, 7) is 4.93. The number of hydrogen-bond donors (Lipinski definition) is 0. The van der Waals surface area contributed by atoms with Gasteiger partial charge in [0.25, 0.3) is 0 Å². The van der Waals surface area contributed by atoms with Crippen LogP contribution in [-0.2, 0) is 0 Å². The molecular formula is C16H19ClFN3S. The average Bonchev–Trinajstić information content (AvgIpc) is 3.03. The lowest BCUT2D eigenvalue weighted by atomic mass is 10.0. The zero-order chi connectivity index (χ0) is 16.1. The SMILES string of the molecule is CC[C@@H](/N=C(/c1nccs1)N(C)CC)c1ccc(F)cc1Cl. The molecule has 0 spiro atoms. The minimum atomic E-state index is -0.335. The molecule has 0 N–H and O–H groups in total. The van der Waals surface area contributed by atoms with E-state index in [1.54, 1.807) is 23.6 Å². The van der Waals surface area contributed by atoms with Crippen LogP contribution < -0.4 is 0 Å². The minimum Gasteiger partial charge on any atom is -0.358 e. The molecule has 1 aromatic carbocycles. The summed E-state index contributed by atoms with van der Waals surface area (Å²) in [7, 11) is 1.99. The van der Waals surface area contributed by atoms with E-state index in [1.807, 2.05) is 19.4 Å². The molecule has 118 valence electrons.